The zero-order chi connectivity index (χ0) is 5.86. The molecule has 0 amide bonds. The molecule has 0 spiro atoms. The molecule has 0 aliphatic carbocycles. The average molecular weight is 149 g/mol. The molecule has 0 saturated carbocycles. The highest BCUT2D eigenvalue weighted by Gasteiger charge is 2.14. The number of halogens is 4. The number of alkyl halides is 4. The van der Waals surface area contributed by atoms with Crippen LogP contribution in [-0.2, 0) is 0 Å². The van der Waals surface area contributed by atoms with E-state index in [1.54, 1.807) is 0 Å². The van der Waals surface area contributed by atoms with Crippen LogP contribution in [0.4, 0.5) is 8.78 Å². The Morgan fingerprint density at radius 2 is 1.86 bits per heavy atom. The van der Waals surface area contributed by atoms with Gasteiger partial charge in [-0.05, 0) is 0 Å². The molecule has 0 fully saturated rings. The summed E-state index contributed by atoms with van der Waals surface area (Å²) in [6.07, 6.45) is -2.50. The summed E-state index contributed by atoms with van der Waals surface area (Å²) in [6.45, 7) is 0. The minimum absolute atomic E-state index is 0.195. The molecule has 1 unspecified atom stereocenters. The number of hydrogen-bond donors (Lipinski definition) is 0. The van der Waals surface area contributed by atoms with Gasteiger partial charge in [0.2, 0.25) is 0 Å². The van der Waals surface area contributed by atoms with Crippen molar-refractivity contribution in [3.63, 3.8) is 0 Å². The van der Waals surface area contributed by atoms with Crippen molar-refractivity contribution in [2.24, 2.45) is 0 Å². The first-order valence-electron chi connectivity index (χ1n) is 1.66. The normalized spacial score (nSPS) is 15.0. The first-order chi connectivity index (χ1) is 3.18. The molecule has 0 heterocycles. The SMILES string of the molecule is FC(F)C(Cl)CCl. The van der Waals surface area contributed by atoms with Gasteiger partial charge in [0.1, 0.15) is 5.38 Å². The molecule has 0 aromatic rings. The maximum absolute atomic E-state index is 11.2. The third kappa shape index (κ3) is 3.06. The van der Waals surface area contributed by atoms with E-state index in [4.69, 9.17) is 23.2 Å². The predicted octanol–water partition coefficient (Wildman–Crippen LogP) is 2.10. The Hall–Kier alpha value is 0.440. The first-order valence-corrected chi connectivity index (χ1v) is 2.63. The molecule has 1 atom stereocenters. The van der Waals surface area contributed by atoms with Gasteiger partial charge in [-0.2, -0.15) is 0 Å². The van der Waals surface area contributed by atoms with E-state index in [1.165, 1.54) is 0 Å². The second kappa shape index (κ2) is 3.44. The quantitative estimate of drug-likeness (QED) is 0.527. The highest BCUT2D eigenvalue weighted by molar-refractivity contribution is 6.28. The van der Waals surface area contributed by atoms with Gasteiger partial charge >= 0.3 is 0 Å². The molecule has 0 N–H and O–H groups in total. The fraction of sp³-hybridized carbons (Fsp3) is 1.00. The van der Waals surface area contributed by atoms with Gasteiger partial charge in [0, 0.05) is 5.88 Å². The summed E-state index contributed by atoms with van der Waals surface area (Å²) >= 11 is 9.85. The Kier molecular flexibility index (Phi) is 3.66. The highest BCUT2D eigenvalue weighted by Crippen LogP contribution is 2.08. The van der Waals surface area contributed by atoms with Gasteiger partial charge in [-0.15, -0.1) is 23.2 Å². The third-order valence-electron chi connectivity index (χ3n) is 0.421. The Bertz CT molecular complexity index is 48.2. The molecule has 0 rings (SSSR count). The molecule has 0 aliphatic heterocycles. The largest absolute Gasteiger partial charge is 0.255 e. The van der Waals surface area contributed by atoms with Crippen LogP contribution >= 0.6 is 23.2 Å². The topological polar surface area (TPSA) is 0 Å². The standard InChI is InChI=1S/C3H4Cl2F2/c4-1-2(5)3(6)7/h2-3H,1H2. The van der Waals surface area contributed by atoms with Gasteiger partial charge in [-0.3, -0.25) is 0 Å². The Morgan fingerprint density at radius 3 is 1.86 bits per heavy atom. The molecule has 0 aromatic carbocycles. The zero-order valence-electron chi connectivity index (χ0n) is 3.37. The van der Waals surface area contributed by atoms with E-state index in [2.05, 4.69) is 0 Å². The zero-order valence-corrected chi connectivity index (χ0v) is 4.89. The van der Waals surface area contributed by atoms with E-state index in [0.29, 0.717) is 0 Å². The van der Waals surface area contributed by atoms with Crippen molar-refractivity contribution in [1.82, 2.24) is 0 Å². The maximum Gasteiger partial charge on any atom is 0.255 e. The van der Waals surface area contributed by atoms with Crippen molar-refractivity contribution in [2.75, 3.05) is 5.88 Å². The summed E-state index contributed by atoms with van der Waals surface area (Å²) in [4.78, 5) is 0. The van der Waals surface area contributed by atoms with E-state index >= 15 is 0 Å². The van der Waals surface area contributed by atoms with Gasteiger partial charge in [-0.25, -0.2) is 8.78 Å². The van der Waals surface area contributed by atoms with Crippen LogP contribution in [0.25, 0.3) is 0 Å². The van der Waals surface area contributed by atoms with Crippen LogP contribution < -0.4 is 0 Å². The van der Waals surface area contributed by atoms with Crippen LogP contribution in [0.3, 0.4) is 0 Å². The lowest BCUT2D eigenvalue weighted by Crippen LogP contribution is -2.11. The minimum atomic E-state index is -2.50. The summed E-state index contributed by atoms with van der Waals surface area (Å²) in [5.41, 5.74) is 0. The van der Waals surface area contributed by atoms with Gasteiger partial charge in [0.25, 0.3) is 6.43 Å². The molecule has 0 radical (unpaired) electrons. The Balaban J connectivity index is 3.14. The second-order valence-corrected chi connectivity index (χ2v) is 1.87. The summed E-state index contributed by atoms with van der Waals surface area (Å²) in [5, 5.41) is -1.19. The minimum Gasteiger partial charge on any atom is -0.209 e. The summed E-state index contributed by atoms with van der Waals surface area (Å²) in [5.74, 6) is -0.195. The lowest BCUT2D eigenvalue weighted by Gasteiger charge is -1.99. The predicted molar refractivity (Wildman–Crippen MR) is 26.4 cm³/mol. The molecule has 0 aliphatic rings. The van der Waals surface area contributed by atoms with Crippen molar-refractivity contribution in [3.05, 3.63) is 0 Å². The van der Waals surface area contributed by atoms with Crippen LogP contribution in [0.1, 0.15) is 0 Å². The fourth-order valence-electron chi connectivity index (χ4n) is 0.0673. The van der Waals surface area contributed by atoms with Gasteiger partial charge in [0.15, 0.2) is 0 Å². The second-order valence-electron chi connectivity index (χ2n) is 1.00. The highest BCUT2D eigenvalue weighted by atomic mass is 35.5. The van der Waals surface area contributed by atoms with E-state index in [0.717, 1.165) is 0 Å². The van der Waals surface area contributed by atoms with E-state index in [-0.39, 0.29) is 5.88 Å². The maximum atomic E-state index is 11.2. The van der Waals surface area contributed by atoms with Crippen molar-refractivity contribution >= 4 is 23.2 Å². The Labute approximate surface area is 50.4 Å². The first kappa shape index (κ1) is 7.44. The molecule has 0 bridgehead atoms. The van der Waals surface area contributed by atoms with Crippen LogP contribution in [0.2, 0.25) is 0 Å². The van der Waals surface area contributed by atoms with Crippen molar-refractivity contribution < 1.29 is 8.78 Å². The molecule has 0 saturated heterocycles. The number of hydrogen-bond acceptors (Lipinski definition) is 0. The van der Waals surface area contributed by atoms with Crippen molar-refractivity contribution in [3.8, 4) is 0 Å². The molecule has 4 heteroatoms. The van der Waals surface area contributed by atoms with E-state index in [9.17, 15) is 8.78 Å². The molecule has 0 nitrogen and oxygen atoms in total. The Morgan fingerprint density at radius 1 is 1.43 bits per heavy atom. The van der Waals surface area contributed by atoms with Crippen LogP contribution in [0.15, 0.2) is 0 Å². The van der Waals surface area contributed by atoms with Crippen LogP contribution in [-0.4, -0.2) is 17.7 Å². The van der Waals surface area contributed by atoms with E-state index in [1.807, 2.05) is 0 Å². The fourth-order valence-corrected chi connectivity index (χ4v) is 0.202. The summed E-state index contributed by atoms with van der Waals surface area (Å²) in [6, 6.07) is 0. The van der Waals surface area contributed by atoms with Gasteiger partial charge in [-0.1, -0.05) is 0 Å². The smallest absolute Gasteiger partial charge is 0.209 e. The summed E-state index contributed by atoms with van der Waals surface area (Å²) in [7, 11) is 0. The van der Waals surface area contributed by atoms with Crippen LogP contribution in [0.5, 0.6) is 0 Å². The van der Waals surface area contributed by atoms with Crippen LogP contribution in [0, 0.1) is 0 Å². The monoisotopic (exact) mass is 148 g/mol. The lowest BCUT2D eigenvalue weighted by molar-refractivity contribution is 0.149. The van der Waals surface area contributed by atoms with Crippen molar-refractivity contribution in [1.29, 1.82) is 0 Å². The van der Waals surface area contributed by atoms with Crippen molar-refractivity contribution in [2.45, 2.75) is 11.8 Å². The van der Waals surface area contributed by atoms with Gasteiger partial charge in [0.05, 0.1) is 0 Å². The van der Waals surface area contributed by atoms with Gasteiger partial charge < -0.3 is 0 Å². The summed E-state index contributed by atoms with van der Waals surface area (Å²) < 4.78 is 22.4. The molecular weight excluding hydrogens is 145 g/mol. The molecular formula is C3H4Cl2F2. The molecule has 0 aromatic heterocycles. The molecule has 44 valence electrons. The van der Waals surface area contributed by atoms with E-state index < -0.39 is 11.8 Å². The lowest BCUT2D eigenvalue weighted by atomic mass is 10.5. The average Bonchev–Trinajstić information content (AvgIpc) is 1.65. The molecule has 7 heavy (non-hydrogen) atoms. The number of rotatable bonds is 2. The third-order valence-corrected chi connectivity index (χ3v) is 1.26.